The molecule has 118 valence electrons. The Labute approximate surface area is 131 Å². The maximum atomic E-state index is 13.4. The van der Waals surface area contributed by atoms with Gasteiger partial charge in [-0.3, -0.25) is 4.99 Å². The normalized spacial score (nSPS) is 20.2. The lowest BCUT2D eigenvalue weighted by Crippen LogP contribution is -2.42. The maximum Gasteiger partial charge on any atom is 0.191 e. The van der Waals surface area contributed by atoms with Crippen LogP contribution in [0.25, 0.3) is 0 Å². The molecule has 2 aliphatic rings. The molecular formula is C18H24FN3. The number of benzene rings is 1. The van der Waals surface area contributed by atoms with Crippen LogP contribution in [-0.4, -0.2) is 25.1 Å². The molecule has 0 amide bonds. The first-order valence-electron chi connectivity index (χ1n) is 8.18. The highest BCUT2D eigenvalue weighted by Crippen LogP contribution is 2.48. The fourth-order valence-corrected chi connectivity index (χ4v) is 2.99. The first-order chi connectivity index (χ1) is 10.7. The zero-order valence-electron chi connectivity index (χ0n) is 13.1. The third-order valence-electron chi connectivity index (χ3n) is 4.52. The van der Waals surface area contributed by atoms with Crippen LogP contribution in [0.5, 0.6) is 0 Å². The van der Waals surface area contributed by atoms with Crippen molar-refractivity contribution < 1.29 is 4.39 Å². The summed E-state index contributed by atoms with van der Waals surface area (Å²) in [6, 6.07) is 7.42. The van der Waals surface area contributed by atoms with E-state index in [2.05, 4.69) is 29.7 Å². The summed E-state index contributed by atoms with van der Waals surface area (Å²) in [5, 5.41) is 6.79. The lowest BCUT2D eigenvalue weighted by Gasteiger charge is -2.19. The van der Waals surface area contributed by atoms with Gasteiger partial charge in [-0.15, -0.1) is 0 Å². The number of nitrogens with zero attached hydrogens (tertiary/aromatic N) is 1. The number of nitrogens with one attached hydrogen (secondary N) is 2. The number of rotatable bonds is 5. The molecule has 0 saturated heterocycles. The van der Waals surface area contributed by atoms with Crippen molar-refractivity contribution in [2.24, 2.45) is 4.99 Å². The zero-order chi connectivity index (χ0) is 15.4. The summed E-state index contributed by atoms with van der Waals surface area (Å²) in [7, 11) is 0. The largest absolute Gasteiger partial charge is 0.357 e. The highest BCUT2D eigenvalue weighted by molar-refractivity contribution is 5.80. The average molecular weight is 301 g/mol. The molecule has 1 aromatic rings. The fourth-order valence-electron chi connectivity index (χ4n) is 2.99. The van der Waals surface area contributed by atoms with Crippen molar-refractivity contribution in [3.05, 3.63) is 47.8 Å². The van der Waals surface area contributed by atoms with Crippen molar-refractivity contribution in [1.82, 2.24) is 10.6 Å². The molecule has 0 radical (unpaired) electrons. The molecule has 0 aromatic heterocycles. The van der Waals surface area contributed by atoms with Gasteiger partial charge in [0.2, 0.25) is 0 Å². The van der Waals surface area contributed by atoms with Gasteiger partial charge in [-0.2, -0.15) is 0 Å². The Bertz CT molecular complexity index is 567. The maximum absolute atomic E-state index is 13.4. The van der Waals surface area contributed by atoms with E-state index in [9.17, 15) is 4.39 Å². The second-order valence-corrected chi connectivity index (χ2v) is 6.27. The molecule has 0 bridgehead atoms. The summed E-state index contributed by atoms with van der Waals surface area (Å²) in [6.07, 6.45) is 8.69. The molecule has 1 aromatic carbocycles. The van der Waals surface area contributed by atoms with Gasteiger partial charge in [0, 0.05) is 18.0 Å². The average Bonchev–Trinajstić information content (AvgIpc) is 3.14. The van der Waals surface area contributed by atoms with Crippen LogP contribution < -0.4 is 10.6 Å². The molecule has 3 rings (SSSR count). The summed E-state index contributed by atoms with van der Waals surface area (Å²) in [4.78, 5) is 4.76. The van der Waals surface area contributed by atoms with Crippen molar-refractivity contribution in [1.29, 1.82) is 0 Å². The van der Waals surface area contributed by atoms with Crippen LogP contribution in [0.4, 0.5) is 4.39 Å². The van der Waals surface area contributed by atoms with Crippen LogP contribution >= 0.6 is 0 Å². The molecule has 2 N–H and O–H groups in total. The van der Waals surface area contributed by atoms with Gasteiger partial charge >= 0.3 is 0 Å². The molecule has 22 heavy (non-hydrogen) atoms. The summed E-state index contributed by atoms with van der Waals surface area (Å²) in [6.45, 7) is 3.63. The molecule has 4 heteroatoms. The number of guanidine groups is 1. The van der Waals surface area contributed by atoms with Crippen molar-refractivity contribution in [2.45, 2.75) is 44.1 Å². The van der Waals surface area contributed by atoms with Crippen LogP contribution in [0.2, 0.25) is 0 Å². The van der Waals surface area contributed by atoms with Crippen molar-refractivity contribution >= 4 is 5.96 Å². The quantitative estimate of drug-likeness (QED) is 0.498. The molecule has 0 heterocycles. The number of aliphatic imine (C=N–C) groups is 1. The minimum absolute atomic E-state index is 0.0401. The Hall–Kier alpha value is -1.84. The Morgan fingerprint density at radius 1 is 1.32 bits per heavy atom. The second-order valence-electron chi connectivity index (χ2n) is 6.27. The number of hydrogen-bond acceptors (Lipinski definition) is 1. The number of hydrogen-bond donors (Lipinski definition) is 2. The van der Waals surface area contributed by atoms with Crippen molar-refractivity contribution in [3.8, 4) is 0 Å². The van der Waals surface area contributed by atoms with Crippen LogP contribution in [0, 0.1) is 5.82 Å². The Kier molecular flexibility index (Phi) is 4.46. The predicted molar refractivity (Wildman–Crippen MR) is 88.6 cm³/mol. The lowest BCUT2D eigenvalue weighted by atomic mass is 9.96. The van der Waals surface area contributed by atoms with E-state index in [1.165, 1.54) is 6.07 Å². The van der Waals surface area contributed by atoms with Crippen molar-refractivity contribution in [3.63, 3.8) is 0 Å². The molecule has 3 nitrogen and oxygen atoms in total. The van der Waals surface area contributed by atoms with Crippen LogP contribution in [0.15, 0.2) is 41.4 Å². The van der Waals surface area contributed by atoms with Gasteiger partial charge in [-0.1, -0.05) is 24.3 Å². The van der Waals surface area contributed by atoms with E-state index in [0.717, 1.165) is 43.8 Å². The first-order valence-corrected chi connectivity index (χ1v) is 8.18. The van der Waals surface area contributed by atoms with E-state index in [-0.39, 0.29) is 11.2 Å². The molecule has 0 atom stereocenters. The van der Waals surface area contributed by atoms with E-state index >= 15 is 0 Å². The number of halogens is 1. The molecule has 2 aliphatic carbocycles. The van der Waals surface area contributed by atoms with E-state index in [1.807, 2.05) is 6.07 Å². The van der Waals surface area contributed by atoms with Gasteiger partial charge < -0.3 is 10.6 Å². The van der Waals surface area contributed by atoms with Crippen LogP contribution in [-0.2, 0) is 5.41 Å². The highest BCUT2D eigenvalue weighted by atomic mass is 19.1. The molecule has 0 spiro atoms. The molecule has 1 fully saturated rings. The van der Waals surface area contributed by atoms with E-state index in [4.69, 9.17) is 4.99 Å². The van der Waals surface area contributed by atoms with Gasteiger partial charge in [0.1, 0.15) is 5.82 Å². The van der Waals surface area contributed by atoms with Gasteiger partial charge in [-0.05, 0) is 50.3 Å². The Balaban J connectivity index is 1.67. The second kappa shape index (κ2) is 6.51. The van der Waals surface area contributed by atoms with Gasteiger partial charge in [0.15, 0.2) is 5.96 Å². The lowest BCUT2D eigenvalue weighted by molar-refractivity contribution is 0.611. The molecular weight excluding hydrogens is 277 g/mol. The minimum Gasteiger partial charge on any atom is -0.357 e. The van der Waals surface area contributed by atoms with Gasteiger partial charge in [0.25, 0.3) is 0 Å². The summed E-state index contributed by atoms with van der Waals surface area (Å²) < 4.78 is 13.4. The smallest absolute Gasteiger partial charge is 0.191 e. The molecule has 0 aliphatic heterocycles. The third-order valence-corrected chi connectivity index (χ3v) is 4.52. The van der Waals surface area contributed by atoms with Crippen LogP contribution in [0.1, 0.15) is 38.2 Å². The SMILES string of the molecule is CCNC(=NCC1(c2cccc(F)c2)CC1)NC1CC=CC1. The Morgan fingerprint density at radius 2 is 2.09 bits per heavy atom. The molecule has 0 unspecified atom stereocenters. The topological polar surface area (TPSA) is 36.4 Å². The van der Waals surface area contributed by atoms with Crippen LogP contribution in [0.3, 0.4) is 0 Å². The van der Waals surface area contributed by atoms with Crippen molar-refractivity contribution in [2.75, 3.05) is 13.1 Å². The van der Waals surface area contributed by atoms with E-state index in [1.54, 1.807) is 12.1 Å². The molecule has 1 saturated carbocycles. The zero-order valence-corrected chi connectivity index (χ0v) is 13.1. The van der Waals surface area contributed by atoms with E-state index in [0.29, 0.717) is 12.6 Å². The standard InChI is InChI=1S/C18H24FN3/c1-2-20-17(22-16-8-3-4-9-16)21-13-18(10-11-18)14-6-5-7-15(19)12-14/h3-7,12,16H,2,8-11,13H2,1H3,(H2,20,21,22). The highest BCUT2D eigenvalue weighted by Gasteiger charge is 2.44. The predicted octanol–water partition coefficient (Wildman–Crippen LogP) is 3.13. The fraction of sp³-hybridized carbons (Fsp3) is 0.500. The monoisotopic (exact) mass is 301 g/mol. The summed E-state index contributed by atoms with van der Waals surface area (Å²) in [5.41, 5.74) is 1.12. The van der Waals surface area contributed by atoms with Gasteiger partial charge in [0.05, 0.1) is 6.54 Å². The van der Waals surface area contributed by atoms with E-state index < -0.39 is 0 Å². The van der Waals surface area contributed by atoms with Gasteiger partial charge in [-0.25, -0.2) is 4.39 Å². The first kappa shape index (κ1) is 15.1. The minimum atomic E-state index is -0.158. The summed E-state index contributed by atoms with van der Waals surface area (Å²) in [5.74, 6) is 0.716. The Morgan fingerprint density at radius 3 is 2.73 bits per heavy atom. The summed E-state index contributed by atoms with van der Waals surface area (Å²) >= 11 is 0. The third kappa shape index (κ3) is 3.49.